The highest BCUT2D eigenvalue weighted by molar-refractivity contribution is 5.79. The van der Waals surface area contributed by atoms with Crippen LogP contribution in [0.5, 0.6) is 5.75 Å². The number of nitrogens with zero attached hydrogens (tertiary/aromatic N) is 2. The fourth-order valence-corrected chi connectivity index (χ4v) is 3.99. The molecule has 5 nitrogen and oxygen atoms in total. The summed E-state index contributed by atoms with van der Waals surface area (Å²) in [4.78, 5) is 16.5. The fourth-order valence-electron chi connectivity index (χ4n) is 3.99. The van der Waals surface area contributed by atoms with Crippen molar-refractivity contribution in [3.8, 4) is 5.75 Å². The van der Waals surface area contributed by atoms with E-state index in [4.69, 9.17) is 9.15 Å². The number of rotatable bonds is 4. The van der Waals surface area contributed by atoms with Crippen molar-refractivity contribution in [2.45, 2.75) is 38.3 Å². The first-order valence-electron chi connectivity index (χ1n) is 8.81. The Kier molecular flexibility index (Phi) is 4.19. The Labute approximate surface area is 142 Å². The zero-order chi connectivity index (χ0) is 16.5. The molecule has 1 aromatic carbocycles. The minimum Gasteiger partial charge on any atom is -0.497 e. The van der Waals surface area contributed by atoms with Gasteiger partial charge in [0.2, 0.25) is 5.91 Å². The largest absolute Gasteiger partial charge is 0.497 e. The van der Waals surface area contributed by atoms with Gasteiger partial charge in [0.15, 0.2) is 0 Å². The molecule has 0 N–H and O–H groups in total. The Morgan fingerprint density at radius 2 is 2.17 bits per heavy atom. The van der Waals surface area contributed by atoms with E-state index in [1.807, 2.05) is 18.2 Å². The maximum absolute atomic E-state index is 12.0. The number of hydrogen-bond acceptors (Lipinski definition) is 4. The zero-order valence-electron chi connectivity index (χ0n) is 14.2. The summed E-state index contributed by atoms with van der Waals surface area (Å²) in [5.74, 6) is 2.16. The molecular formula is C19H24N2O3. The summed E-state index contributed by atoms with van der Waals surface area (Å²) in [6.45, 7) is 3.75. The van der Waals surface area contributed by atoms with Gasteiger partial charge in [0.25, 0.3) is 0 Å². The lowest BCUT2D eigenvalue weighted by molar-refractivity contribution is -0.130. The van der Waals surface area contributed by atoms with Crippen molar-refractivity contribution in [2.24, 2.45) is 0 Å². The predicted octanol–water partition coefficient (Wildman–Crippen LogP) is 3.03. The Morgan fingerprint density at radius 3 is 2.96 bits per heavy atom. The van der Waals surface area contributed by atoms with E-state index in [0.717, 1.165) is 74.3 Å². The molecule has 5 heteroatoms. The molecular weight excluding hydrogens is 304 g/mol. The first-order chi connectivity index (χ1) is 11.7. The third kappa shape index (κ3) is 3.00. The third-order valence-corrected chi connectivity index (χ3v) is 5.19. The van der Waals surface area contributed by atoms with E-state index in [9.17, 15) is 4.79 Å². The first kappa shape index (κ1) is 15.5. The number of amides is 1. The first-order valence-corrected chi connectivity index (χ1v) is 8.81. The summed E-state index contributed by atoms with van der Waals surface area (Å²) in [7, 11) is 1.68. The number of fused-ring (bicyclic) bond motifs is 1. The minimum absolute atomic E-state index is 0.331. The predicted molar refractivity (Wildman–Crippen MR) is 92.0 cm³/mol. The van der Waals surface area contributed by atoms with E-state index < -0.39 is 0 Å². The lowest BCUT2D eigenvalue weighted by Crippen LogP contribution is -2.48. The molecule has 2 fully saturated rings. The second-order valence-corrected chi connectivity index (χ2v) is 6.84. The van der Waals surface area contributed by atoms with Crippen LogP contribution in [0.25, 0.3) is 11.0 Å². The second kappa shape index (κ2) is 6.48. The average molecular weight is 328 g/mol. The average Bonchev–Trinajstić information content (AvgIpc) is 3.19. The van der Waals surface area contributed by atoms with Gasteiger partial charge in [0.05, 0.1) is 13.7 Å². The summed E-state index contributed by atoms with van der Waals surface area (Å²) >= 11 is 0. The Balaban J connectivity index is 1.45. The molecule has 2 aliphatic rings. The molecule has 1 amide bonds. The molecule has 0 bridgehead atoms. The molecule has 1 atom stereocenters. The molecule has 4 rings (SSSR count). The van der Waals surface area contributed by atoms with Gasteiger partial charge < -0.3 is 14.1 Å². The molecule has 2 aromatic rings. The van der Waals surface area contributed by atoms with Gasteiger partial charge in [0.1, 0.15) is 17.1 Å². The molecule has 3 heterocycles. The van der Waals surface area contributed by atoms with Crippen LogP contribution in [-0.2, 0) is 11.3 Å². The highest BCUT2D eigenvalue weighted by Gasteiger charge is 2.31. The maximum Gasteiger partial charge on any atom is 0.222 e. The number of methoxy groups -OCH3 is 1. The minimum atomic E-state index is 0.331. The Morgan fingerprint density at radius 1 is 1.25 bits per heavy atom. The van der Waals surface area contributed by atoms with Crippen LogP contribution in [0.2, 0.25) is 0 Å². The lowest BCUT2D eigenvalue weighted by atomic mass is 10.0. The summed E-state index contributed by atoms with van der Waals surface area (Å²) in [6.07, 6.45) is 4.00. The van der Waals surface area contributed by atoms with Crippen molar-refractivity contribution in [1.29, 1.82) is 0 Å². The van der Waals surface area contributed by atoms with Crippen LogP contribution < -0.4 is 4.74 Å². The molecule has 0 radical (unpaired) electrons. The van der Waals surface area contributed by atoms with E-state index in [-0.39, 0.29) is 0 Å². The number of piperidine rings is 1. The smallest absolute Gasteiger partial charge is 0.222 e. The van der Waals surface area contributed by atoms with Crippen molar-refractivity contribution < 1.29 is 13.9 Å². The zero-order valence-corrected chi connectivity index (χ0v) is 14.2. The third-order valence-electron chi connectivity index (χ3n) is 5.19. The van der Waals surface area contributed by atoms with Gasteiger partial charge in [-0.15, -0.1) is 0 Å². The molecule has 0 spiro atoms. The number of furan rings is 1. The van der Waals surface area contributed by atoms with Gasteiger partial charge in [-0.3, -0.25) is 9.69 Å². The molecule has 24 heavy (non-hydrogen) atoms. The monoisotopic (exact) mass is 328 g/mol. The molecule has 2 aliphatic heterocycles. The van der Waals surface area contributed by atoms with Gasteiger partial charge in [0, 0.05) is 30.9 Å². The molecule has 0 saturated carbocycles. The van der Waals surface area contributed by atoms with Gasteiger partial charge >= 0.3 is 0 Å². The van der Waals surface area contributed by atoms with E-state index in [2.05, 4.69) is 15.9 Å². The summed E-state index contributed by atoms with van der Waals surface area (Å²) in [6, 6.07) is 8.36. The van der Waals surface area contributed by atoms with E-state index in [0.29, 0.717) is 11.9 Å². The normalized spacial score (nSPS) is 22.5. The number of likely N-dealkylation sites (tertiary alicyclic amines) is 2. The summed E-state index contributed by atoms with van der Waals surface area (Å²) in [5.41, 5.74) is 0.897. The highest BCUT2D eigenvalue weighted by atomic mass is 16.5. The van der Waals surface area contributed by atoms with E-state index in [1.54, 1.807) is 7.11 Å². The Bertz CT molecular complexity index is 739. The van der Waals surface area contributed by atoms with E-state index >= 15 is 0 Å². The summed E-state index contributed by atoms with van der Waals surface area (Å²) < 4.78 is 11.2. The number of benzene rings is 1. The fraction of sp³-hybridized carbons (Fsp3) is 0.526. The van der Waals surface area contributed by atoms with Gasteiger partial charge in [-0.05, 0) is 50.1 Å². The number of hydrogen-bond donors (Lipinski definition) is 0. The topological polar surface area (TPSA) is 45.9 Å². The van der Waals surface area contributed by atoms with Gasteiger partial charge in [-0.2, -0.15) is 0 Å². The van der Waals surface area contributed by atoms with Crippen LogP contribution in [0.15, 0.2) is 28.7 Å². The SMILES string of the molecule is COc1ccc2oc(CN3CCCC(N4CCCC4=O)C3)cc2c1. The number of carbonyl (C=O) groups excluding carboxylic acids is 1. The molecule has 1 unspecified atom stereocenters. The highest BCUT2D eigenvalue weighted by Crippen LogP contribution is 2.27. The van der Waals surface area contributed by atoms with Crippen molar-refractivity contribution in [2.75, 3.05) is 26.7 Å². The quantitative estimate of drug-likeness (QED) is 0.865. The number of carbonyl (C=O) groups is 1. The van der Waals surface area contributed by atoms with Crippen LogP contribution in [-0.4, -0.2) is 48.5 Å². The number of ether oxygens (including phenoxy) is 1. The van der Waals surface area contributed by atoms with Crippen LogP contribution in [0.4, 0.5) is 0 Å². The molecule has 2 saturated heterocycles. The van der Waals surface area contributed by atoms with Crippen molar-refractivity contribution in [3.63, 3.8) is 0 Å². The van der Waals surface area contributed by atoms with Crippen LogP contribution in [0, 0.1) is 0 Å². The van der Waals surface area contributed by atoms with Crippen molar-refractivity contribution >= 4 is 16.9 Å². The van der Waals surface area contributed by atoms with Gasteiger partial charge in [-0.25, -0.2) is 0 Å². The van der Waals surface area contributed by atoms with Crippen molar-refractivity contribution in [1.82, 2.24) is 9.80 Å². The Hall–Kier alpha value is -2.01. The van der Waals surface area contributed by atoms with Crippen LogP contribution in [0.1, 0.15) is 31.4 Å². The van der Waals surface area contributed by atoms with Gasteiger partial charge in [-0.1, -0.05) is 0 Å². The second-order valence-electron chi connectivity index (χ2n) is 6.84. The summed E-state index contributed by atoms with van der Waals surface area (Å²) in [5, 5.41) is 1.08. The van der Waals surface area contributed by atoms with Crippen molar-refractivity contribution in [3.05, 3.63) is 30.0 Å². The molecule has 128 valence electrons. The molecule has 1 aromatic heterocycles. The van der Waals surface area contributed by atoms with Crippen LogP contribution in [0.3, 0.4) is 0 Å². The standard InChI is InChI=1S/C19H24N2O3/c1-23-16-6-7-18-14(10-16)11-17(24-18)13-20-8-2-4-15(12-20)21-9-3-5-19(21)22/h6-7,10-11,15H,2-5,8-9,12-13H2,1H3. The maximum atomic E-state index is 12.0. The van der Waals surface area contributed by atoms with E-state index in [1.165, 1.54) is 0 Å². The van der Waals surface area contributed by atoms with Crippen LogP contribution >= 0.6 is 0 Å². The lowest BCUT2D eigenvalue weighted by Gasteiger charge is -2.37. The molecule has 0 aliphatic carbocycles.